The van der Waals surface area contributed by atoms with Crippen LogP contribution in [0.25, 0.3) is 0 Å². The van der Waals surface area contributed by atoms with Gasteiger partial charge in [-0.1, -0.05) is 35.0 Å². The van der Waals surface area contributed by atoms with Crippen LogP contribution >= 0.6 is 27.7 Å². The van der Waals surface area contributed by atoms with E-state index in [0.29, 0.717) is 11.7 Å². The Balaban J connectivity index is 1.70. The first-order valence-electron chi connectivity index (χ1n) is 6.75. The summed E-state index contributed by atoms with van der Waals surface area (Å²) in [4.78, 5) is 14.1. The number of hydrogen-bond acceptors (Lipinski definition) is 2. The summed E-state index contributed by atoms with van der Waals surface area (Å²) in [6, 6.07) is 8.29. The molecule has 4 heteroatoms. The van der Waals surface area contributed by atoms with Crippen LogP contribution in [-0.2, 0) is 10.5 Å². The van der Waals surface area contributed by atoms with Crippen molar-refractivity contribution in [3.8, 4) is 0 Å². The lowest BCUT2D eigenvalue weighted by atomic mass is 9.99. The van der Waals surface area contributed by atoms with Gasteiger partial charge in [0, 0.05) is 23.3 Å². The molecule has 0 N–H and O–H groups in total. The first-order valence-corrected chi connectivity index (χ1v) is 8.70. The zero-order chi connectivity index (χ0) is 13.7. The predicted octanol–water partition coefficient (Wildman–Crippen LogP) is 3.94. The van der Waals surface area contributed by atoms with Crippen LogP contribution in [0.1, 0.15) is 25.3 Å². The normalized spacial score (nSPS) is 16.6. The second-order valence-electron chi connectivity index (χ2n) is 5.18. The minimum atomic E-state index is 0.300. The minimum absolute atomic E-state index is 0.300. The van der Waals surface area contributed by atoms with Crippen molar-refractivity contribution in [2.45, 2.75) is 25.5 Å². The minimum Gasteiger partial charge on any atom is -0.342 e. The smallest absolute Gasteiger partial charge is 0.232 e. The Hall–Kier alpha value is -0.480. The molecule has 104 valence electrons. The van der Waals surface area contributed by atoms with Crippen molar-refractivity contribution in [1.82, 2.24) is 4.90 Å². The van der Waals surface area contributed by atoms with Crippen LogP contribution in [0, 0.1) is 5.92 Å². The van der Waals surface area contributed by atoms with E-state index in [-0.39, 0.29) is 0 Å². The highest BCUT2D eigenvalue weighted by molar-refractivity contribution is 9.10. The third-order valence-electron chi connectivity index (χ3n) is 3.54. The molecule has 19 heavy (non-hydrogen) atoms. The zero-order valence-electron chi connectivity index (χ0n) is 11.3. The van der Waals surface area contributed by atoms with Crippen molar-refractivity contribution in [3.05, 3.63) is 34.3 Å². The topological polar surface area (TPSA) is 20.3 Å². The van der Waals surface area contributed by atoms with Gasteiger partial charge in [0.1, 0.15) is 0 Å². The van der Waals surface area contributed by atoms with Gasteiger partial charge in [0.15, 0.2) is 0 Å². The van der Waals surface area contributed by atoms with Crippen LogP contribution in [0.3, 0.4) is 0 Å². The molecule has 1 aliphatic heterocycles. The SMILES string of the molecule is CC1CCN(C(=O)CSCc2ccc(Br)cc2)CC1. The van der Waals surface area contributed by atoms with Gasteiger partial charge in [-0.15, -0.1) is 11.8 Å². The molecule has 1 aromatic carbocycles. The lowest BCUT2D eigenvalue weighted by molar-refractivity contribution is -0.129. The molecular weight excluding hydrogens is 322 g/mol. The molecule has 1 aromatic rings. The number of rotatable bonds is 4. The molecule has 1 amide bonds. The average Bonchev–Trinajstić information content (AvgIpc) is 2.41. The maximum Gasteiger partial charge on any atom is 0.232 e. The van der Waals surface area contributed by atoms with E-state index in [1.165, 1.54) is 5.56 Å². The van der Waals surface area contributed by atoms with Crippen molar-refractivity contribution in [2.75, 3.05) is 18.8 Å². The molecule has 0 unspecified atom stereocenters. The summed E-state index contributed by atoms with van der Waals surface area (Å²) < 4.78 is 1.10. The summed E-state index contributed by atoms with van der Waals surface area (Å²) in [6.07, 6.45) is 2.31. The summed E-state index contributed by atoms with van der Waals surface area (Å²) in [5.74, 6) is 2.58. The van der Waals surface area contributed by atoms with Gasteiger partial charge >= 0.3 is 0 Å². The van der Waals surface area contributed by atoms with Crippen LogP contribution in [0.4, 0.5) is 0 Å². The average molecular weight is 342 g/mol. The van der Waals surface area contributed by atoms with Crippen molar-refractivity contribution in [3.63, 3.8) is 0 Å². The van der Waals surface area contributed by atoms with E-state index in [9.17, 15) is 4.79 Å². The maximum atomic E-state index is 12.0. The molecule has 0 bridgehead atoms. The second-order valence-corrected chi connectivity index (χ2v) is 7.08. The summed E-state index contributed by atoms with van der Waals surface area (Å²) in [6.45, 7) is 4.15. The van der Waals surface area contributed by atoms with Gasteiger partial charge in [-0.05, 0) is 36.5 Å². The number of nitrogens with zero attached hydrogens (tertiary/aromatic N) is 1. The van der Waals surface area contributed by atoms with Crippen LogP contribution in [0.2, 0.25) is 0 Å². The number of amides is 1. The maximum absolute atomic E-state index is 12.0. The highest BCUT2D eigenvalue weighted by Crippen LogP contribution is 2.19. The van der Waals surface area contributed by atoms with Gasteiger partial charge in [0.25, 0.3) is 0 Å². The van der Waals surface area contributed by atoms with Crippen molar-refractivity contribution < 1.29 is 4.79 Å². The van der Waals surface area contributed by atoms with E-state index in [4.69, 9.17) is 0 Å². The quantitative estimate of drug-likeness (QED) is 0.826. The molecular formula is C15H20BrNOS. The van der Waals surface area contributed by atoms with Crippen molar-refractivity contribution in [2.24, 2.45) is 5.92 Å². The fraction of sp³-hybridized carbons (Fsp3) is 0.533. The third kappa shape index (κ3) is 4.84. The Kier molecular flexibility index (Phi) is 5.76. The Labute approximate surface area is 128 Å². The number of carbonyl (C=O) groups excluding carboxylic acids is 1. The fourth-order valence-corrected chi connectivity index (χ4v) is 3.34. The summed E-state index contributed by atoms with van der Waals surface area (Å²) >= 11 is 5.13. The lowest BCUT2D eigenvalue weighted by Crippen LogP contribution is -2.38. The van der Waals surface area contributed by atoms with Crippen LogP contribution < -0.4 is 0 Å². The Morgan fingerprint density at radius 3 is 2.58 bits per heavy atom. The molecule has 2 rings (SSSR count). The van der Waals surface area contributed by atoms with Crippen LogP contribution in [0.5, 0.6) is 0 Å². The molecule has 0 radical (unpaired) electrons. The van der Waals surface area contributed by atoms with Crippen molar-refractivity contribution >= 4 is 33.6 Å². The summed E-state index contributed by atoms with van der Waals surface area (Å²) in [5.41, 5.74) is 1.27. The van der Waals surface area contributed by atoms with E-state index < -0.39 is 0 Å². The standard InChI is InChI=1S/C15H20BrNOS/c1-12-6-8-17(9-7-12)15(18)11-19-10-13-2-4-14(16)5-3-13/h2-5,12H,6-11H2,1H3. The van der Waals surface area contributed by atoms with E-state index in [1.54, 1.807) is 11.8 Å². The lowest BCUT2D eigenvalue weighted by Gasteiger charge is -2.30. The van der Waals surface area contributed by atoms with Gasteiger partial charge in [0.05, 0.1) is 5.75 Å². The molecule has 1 heterocycles. The van der Waals surface area contributed by atoms with Crippen molar-refractivity contribution in [1.29, 1.82) is 0 Å². The fourth-order valence-electron chi connectivity index (χ4n) is 2.19. The number of halogens is 1. The molecule has 1 fully saturated rings. The monoisotopic (exact) mass is 341 g/mol. The van der Waals surface area contributed by atoms with Gasteiger partial charge in [-0.2, -0.15) is 0 Å². The highest BCUT2D eigenvalue weighted by atomic mass is 79.9. The second kappa shape index (κ2) is 7.34. The molecule has 1 aliphatic rings. The van der Waals surface area contributed by atoms with Gasteiger partial charge in [-0.3, -0.25) is 4.79 Å². The molecule has 1 saturated heterocycles. The zero-order valence-corrected chi connectivity index (χ0v) is 13.7. The number of benzene rings is 1. The van der Waals surface area contributed by atoms with Gasteiger partial charge in [-0.25, -0.2) is 0 Å². The number of likely N-dealkylation sites (tertiary alicyclic amines) is 1. The highest BCUT2D eigenvalue weighted by Gasteiger charge is 2.19. The molecule has 0 atom stereocenters. The molecule has 0 saturated carbocycles. The Morgan fingerprint density at radius 2 is 1.95 bits per heavy atom. The van der Waals surface area contributed by atoms with Crippen LogP contribution in [0.15, 0.2) is 28.7 Å². The summed E-state index contributed by atoms with van der Waals surface area (Å²) in [5, 5.41) is 0. The van der Waals surface area contributed by atoms with Gasteiger partial charge in [0.2, 0.25) is 5.91 Å². The first kappa shape index (κ1) is 14.9. The van der Waals surface area contributed by atoms with E-state index in [2.05, 4.69) is 35.0 Å². The first-order chi connectivity index (χ1) is 9.15. The predicted molar refractivity (Wildman–Crippen MR) is 85.3 cm³/mol. The largest absolute Gasteiger partial charge is 0.342 e. The molecule has 0 aromatic heterocycles. The molecule has 0 spiro atoms. The number of carbonyl (C=O) groups is 1. The number of thioether (sulfide) groups is 1. The van der Waals surface area contributed by atoms with E-state index in [1.807, 2.05) is 17.0 Å². The third-order valence-corrected chi connectivity index (χ3v) is 5.06. The molecule has 2 nitrogen and oxygen atoms in total. The van der Waals surface area contributed by atoms with E-state index in [0.717, 1.165) is 42.1 Å². The van der Waals surface area contributed by atoms with E-state index >= 15 is 0 Å². The van der Waals surface area contributed by atoms with Crippen LogP contribution in [-0.4, -0.2) is 29.6 Å². The summed E-state index contributed by atoms with van der Waals surface area (Å²) in [7, 11) is 0. The Morgan fingerprint density at radius 1 is 1.32 bits per heavy atom. The number of hydrogen-bond donors (Lipinski definition) is 0. The Bertz CT molecular complexity index is 413. The number of piperidine rings is 1. The van der Waals surface area contributed by atoms with Gasteiger partial charge < -0.3 is 4.90 Å². The molecule has 0 aliphatic carbocycles.